The minimum absolute atomic E-state index is 0.411. The molecule has 1 rings (SSSR count). The molecule has 72 valence electrons. The predicted octanol–water partition coefficient (Wildman–Crippen LogP) is 0.443. The van der Waals surface area contributed by atoms with Gasteiger partial charge in [0.25, 0.3) is 0 Å². The van der Waals surface area contributed by atoms with Crippen LogP contribution in [0.2, 0.25) is 0 Å². The van der Waals surface area contributed by atoms with Crippen molar-refractivity contribution >= 4 is 0 Å². The van der Waals surface area contributed by atoms with Crippen LogP contribution in [0, 0.1) is 0 Å². The van der Waals surface area contributed by atoms with E-state index in [0.29, 0.717) is 24.7 Å². The Morgan fingerprint density at radius 2 is 2.17 bits per heavy atom. The van der Waals surface area contributed by atoms with Crippen molar-refractivity contribution in [1.29, 1.82) is 0 Å². The van der Waals surface area contributed by atoms with Crippen LogP contribution >= 0.6 is 0 Å². The highest BCUT2D eigenvalue weighted by Crippen LogP contribution is 2.15. The van der Waals surface area contributed by atoms with Crippen molar-refractivity contribution in [2.75, 3.05) is 19.8 Å². The van der Waals surface area contributed by atoms with Crippen LogP contribution in [0.5, 0.6) is 0 Å². The highest BCUT2D eigenvalue weighted by atomic mass is 16.5. The Bertz CT molecular complexity index is 138. The minimum atomic E-state index is 0.411. The first-order valence-corrected chi connectivity index (χ1v) is 4.72. The van der Waals surface area contributed by atoms with Gasteiger partial charge in [-0.05, 0) is 20.8 Å². The van der Waals surface area contributed by atoms with E-state index in [1.54, 1.807) is 0 Å². The largest absolute Gasteiger partial charge is 0.378 e. The number of morpholine rings is 1. The van der Waals surface area contributed by atoms with Crippen molar-refractivity contribution in [1.82, 2.24) is 4.90 Å². The van der Waals surface area contributed by atoms with E-state index >= 15 is 0 Å². The monoisotopic (exact) mass is 172 g/mol. The van der Waals surface area contributed by atoms with Gasteiger partial charge >= 0.3 is 0 Å². The molecule has 0 aromatic rings. The molecule has 0 bridgehead atoms. The highest BCUT2D eigenvalue weighted by Gasteiger charge is 2.29. The summed E-state index contributed by atoms with van der Waals surface area (Å²) < 4.78 is 5.44. The van der Waals surface area contributed by atoms with Crippen LogP contribution < -0.4 is 5.73 Å². The van der Waals surface area contributed by atoms with Crippen molar-refractivity contribution in [2.45, 2.75) is 38.9 Å². The second-order valence-electron chi connectivity index (χ2n) is 3.82. The summed E-state index contributed by atoms with van der Waals surface area (Å²) in [7, 11) is 0. The lowest BCUT2D eigenvalue weighted by Gasteiger charge is -2.42. The van der Waals surface area contributed by atoms with Gasteiger partial charge in [0.15, 0.2) is 0 Å². The lowest BCUT2D eigenvalue weighted by atomic mass is 10.1. The van der Waals surface area contributed by atoms with Crippen LogP contribution in [0.25, 0.3) is 0 Å². The number of hydrogen-bond acceptors (Lipinski definition) is 3. The van der Waals surface area contributed by atoms with Gasteiger partial charge in [0.1, 0.15) is 0 Å². The summed E-state index contributed by atoms with van der Waals surface area (Å²) in [5.74, 6) is 0. The number of nitrogens with two attached hydrogens (primary N) is 1. The van der Waals surface area contributed by atoms with E-state index in [-0.39, 0.29) is 0 Å². The smallest absolute Gasteiger partial charge is 0.0635 e. The van der Waals surface area contributed by atoms with Gasteiger partial charge in [-0.1, -0.05) is 0 Å². The summed E-state index contributed by atoms with van der Waals surface area (Å²) in [4.78, 5) is 2.45. The van der Waals surface area contributed by atoms with Crippen LogP contribution in [-0.4, -0.2) is 42.8 Å². The topological polar surface area (TPSA) is 38.5 Å². The Kier molecular flexibility index (Phi) is 3.50. The number of rotatable bonds is 2. The van der Waals surface area contributed by atoms with Crippen molar-refractivity contribution in [3.63, 3.8) is 0 Å². The lowest BCUT2D eigenvalue weighted by molar-refractivity contribution is -0.0544. The molecule has 0 aromatic carbocycles. The Labute approximate surface area is 74.9 Å². The Morgan fingerprint density at radius 3 is 2.58 bits per heavy atom. The van der Waals surface area contributed by atoms with E-state index in [0.717, 1.165) is 13.2 Å². The maximum absolute atomic E-state index is 5.67. The molecule has 0 aromatic heterocycles. The predicted molar refractivity (Wildman–Crippen MR) is 50.1 cm³/mol. The molecule has 1 aliphatic rings. The van der Waals surface area contributed by atoms with Crippen molar-refractivity contribution in [3.05, 3.63) is 0 Å². The zero-order valence-corrected chi connectivity index (χ0v) is 8.29. The van der Waals surface area contributed by atoms with E-state index in [1.165, 1.54) is 0 Å². The third kappa shape index (κ3) is 1.97. The molecule has 1 saturated heterocycles. The molecule has 2 atom stereocenters. The van der Waals surface area contributed by atoms with Crippen LogP contribution in [0.4, 0.5) is 0 Å². The quantitative estimate of drug-likeness (QED) is 0.657. The second kappa shape index (κ2) is 4.21. The van der Waals surface area contributed by atoms with Gasteiger partial charge in [-0.25, -0.2) is 0 Å². The SMILES string of the molecule is CC(C)N1C(C)COCC1CN. The first kappa shape index (κ1) is 9.96. The molecule has 1 aliphatic heterocycles. The summed E-state index contributed by atoms with van der Waals surface area (Å²) in [6.45, 7) is 8.95. The molecule has 2 unspecified atom stereocenters. The Balaban J connectivity index is 2.59. The number of ether oxygens (including phenoxy) is 1. The van der Waals surface area contributed by atoms with E-state index in [1.807, 2.05) is 0 Å². The Hall–Kier alpha value is -0.120. The summed E-state index contributed by atoms with van der Waals surface area (Å²) in [6, 6.07) is 1.48. The van der Waals surface area contributed by atoms with Crippen molar-refractivity contribution < 1.29 is 4.74 Å². The summed E-state index contributed by atoms with van der Waals surface area (Å²) >= 11 is 0. The normalized spacial score (nSPS) is 32.8. The van der Waals surface area contributed by atoms with Gasteiger partial charge in [0.2, 0.25) is 0 Å². The average molecular weight is 172 g/mol. The standard InChI is InChI=1S/C9H20N2O/c1-7(2)11-8(3)5-12-6-9(11)4-10/h7-9H,4-6,10H2,1-3H3. The van der Waals surface area contributed by atoms with Gasteiger partial charge in [-0.2, -0.15) is 0 Å². The fraction of sp³-hybridized carbons (Fsp3) is 1.00. The third-order valence-corrected chi connectivity index (χ3v) is 2.47. The van der Waals surface area contributed by atoms with Gasteiger partial charge < -0.3 is 10.5 Å². The van der Waals surface area contributed by atoms with Crippen LogP contribution in [0.3, 0.4) is 0 Å². The lowest BCUT2D eigenvalue weighted by Crippen LogP contribution is -2.56. The van der Waals surface area contributed by atoms with E-state index in [2.05, 4.69) is 25.7 Å². The third-order valence-electron chi connectivity index (χ3n) is 2.47. The molecule has 2 N–H and O–H groups in total. The molecule has 0 saturated carbocycles. The molecule has 0 radical (unpaired) electrons. The van der Waals surface area contributed by atoms with Gasteiger partial charge in [0.05, 0.1) is 13.2 Å². The van der Waals surface area contributed by atoms with Crippen LogP contribution in [-0.2, 0) is 4.74 Å². The summed E-state index contributed by atoms with van der Waals surface area (Å²) in [5, 5.41) is 0. The number of hydrogen-bond donors (Lipinski definition) is 1. The number of nitrogens with zero attached hydrogens (tertiary/aromatic N) is 1. The first-order valence-electron chi connectivity index (χ1n) is 4.72. The molecular formula is C9H20N2O. The molecule has 0 spiro atoms. The van der Waals surface area contributed by atoms with Crippen LogP contribution in [0.15, 0.2) is 0 Å². The van der Waals surface area contributed by atoms with Gasteiger partial charge in [-0.15, -0.1) is 0 Å². The minimum Gasteiger partial charge on any atom is -0.378 e. The summed E-state index contributed by atoms with van der Waals surface area (Å²) in [6.07, 6.45) is 0. The molecule has 3 nitrogen and oxygen atoms in total. The highest BCUT2D eigenvalue weighted by molar-refractivity contribution is 4.83. The fourth-order valence-electron chi connectivity index (χ4n) is 2.03. The van der Waals surface area contributed by atoms with Crippen molar-refractivity contribution in [2.24, 2.45) is 5.73 Å². The zero-order valence-electron chi connectivity index (χ0n) is 8.29. The molecule has 1 fully saturated rings. The summed E-state index contributed by atoms with van der Waals surface area (Å²) in [5.41, 5.74) is 5.67. The van der Waals surface area contributed by atoms with Gasteiger partial charge in [0, 0.05) is 24.7 Å². The first-order chi connectivity index (χ1) is 5.66. The molecular weight excluding hydrogens is 152 g/mol. The maximum atomic E-state index is 5.67. The van der Waals surface area contributed by atoms with E-state index < -0.39 is 0 Å². The fourth-order valence-corrected chi connectivity index (χ4v) is 2.03. The zero-order chi connectivity index (χ0) is 9.14. The maximum Gasteiger partial charge on any atom is 0.0635 e. The average Bonchev–Trinajstić information content (AvgIpc) is 2.03. The Morgan fingerprint density at radius 1 is 1.50 bits per heavy atom. The van der Waals surface area contributed by atoms with E-state index in [4.69, 9.17) is 10.5 Å². The van der Waals surface area contributed by atoms with Crippen molar-refractivity contribution in [3.8, 4) is 0 Å². The van der Waals surface area contributed by atoms with E-state index in [9.17, 15) is 0 Å². The molecule has 0 amide bonds. The van der Waals surface area contributed by atoms with Gasteiger partial charge in [-0.3, -0.25) is 4.90 Å². The molecule has 1 heterocycles. The molecule has 3 heteroatoms. The molecule has 12 heavy (non-hydrogen) atoms. The second-order valence-corrected chi connectivity index (χ2v) is 3.82. The molecule has 0 aliphatic carbocycles. The van der Waals surface area contributed by atoms with Crippen LogP contribution in [0.1, 0.15) is 20.8 Å².